The minimum absolute atomic E-state index is 0.0569. The standard InChI is InChI=1S/C19H35N3O4/c1-25-10-11-26-13-18(23)21-16-8-6-14(7-9-16)19(24)22-17-5-3-2-4-15(17)12-20/h14-17H,2-13,20H2,1H3,(H,21,23)(H,22,24). The maximum Gasteiger partial charge on any atom is 0.246 e. The average molecular weight is 370 g/mol. The molecule has 0 spiro atoms. The quantitative estimate of drug-likeness (QED) is 0.525. The van der Waals surface area contributed by atoms with E-state index < -0.39 is 0 Å². The first-order valence-corrected chi connectivity index (χ1v) is 10.0. The summed E-state index contributed by atoms with van der Waals surface area (Å²) in [6.45, 7) is 1.61. The Morgan fingerprint density at radius 2 is 1.73 bits per heavy atom. The number of nitrogens with two attached hydrogens (primary N) is 1. The molecule has 0 saturated heterocycles. The molecule has 26 heavy (non-hydrogen) atoms. The van der Waals surface area contributed by atoms with Crippen LogP contribution in [0.3, 0.4) is 0 Å². The minimum Gasteiger partial charge on any atom is -0.382 e. The van der Waals surface area contributed by atoms with Gasteiger partial charge in [0.25, 0.3) is 0 Å². The fraction of sp³-hybridized carbons (Fsp3) is 0.895. The summed E-state index contributed by atoms with van der Waals surface area (Å²) in [4.78, 5) is 24.4. The largest absolute Gasteiger partial charge is 0.382 e. The predicted molar refractivity (Wildman–Crippen MR) is 99.5 cm³/mol. The van der Waals surface area contributed by atoms with Gasteiger partial charge in [-0.3, -0.25) is 9.59 Å². The Hall–Kier alpha value is -1.18. The van der Waals surface area contributed by atoms with E-state index in [9.17, 15) is 9.59 Å². The van der Waals surface area contributed by atoms with E-state index >= 15 is 0 Å². The topological polar surface area (TPSA) is 103 Å². The highest BCUT2D eigenvalue weighted by Gasteiger charge is 2.31. The number of amides is 2. The van der Waals surface area contributed by atoms with Gasteiger partial charge in [0.2, 0.25) is 11.8 Å². The molecule has 4 N–H and O–H groups in total. The molecule has 0 aromatic carbocycles. The highest BCUT2D eigenvalue weighted by molar-refractivity contribution is 5.79. The SMILES string of the molecule is COCCOCC(=O)NC1CCC(C(=O)NC2CCCCC2CN)CC1. The molecule has 2 aliphatic rings. The summed E-state index contributed by atoms with van der Waals surface area (Å²) in [6, 6.07) is 0.381. The molecule has 2 amide bonds. The summed E-state index contributed by atoms with van der Waals surface area (Å²) in [7, 11) is 1.60. The smallest absolute Gasteiger partial charge is 0.246 e. The van der Waals surface area contributed by atoms with E-state index in [0.29, 0.717) is 25.7 Å². The molecule has 7 nitrogen and oxygen atoms in total. The van der Waals surface area contributed by atoms with Crippen molar-refractivity contribution < 1.29 is 19.1 Å². The Morgan fingerprint density at radius 1 is 1.00 bits per heavy atom. The Bertz CT molecular complexity index is 439. The monoisotopic (exact) mass is 369 g/mol. The fourth-order valence-electron chi connectivity index (χ4n) is 4.06. The summed E-state index contributed by atoms with van der Waals surface area (Å²) in [6.07, 6.45) is 7.87. The first kappa shape index (κ1) is 21.1. The van der Waals surface area contributed by atoms with Crippen molar-refractivity contribution >= 4 is 11.8 Å². The van der Waals surface area contributed by atoms with Gasteiger partial charge in [0.1, 0.15) is 6.61 Å². The van der Waals surface area contributed by atoms with Crippen molar-refractivity contribution in [3.05, 3.63) is 0 Å². The van der Waals surface area contributed by atoms with E-state index in [4.69, 9.17) is 15.2 Å². The van der Waals surface area contributed by atoms with Gasteiger partial charge in [-0.05, 0) is 51.0 Å². The number of hydrogen-bond acceptors (Lipinski definition) is 5. The number of methoxy groups -OCH3 is 1. The minimum atomic E-state index is -0.0954. The van der Waals surface area contributed by atoms with Crippen molar-refractivity contribution in [3.8, 4) is 0 Å². The molecule has 2 unspecified atom stereocenters. The van der Waals surface area contributed by atoms with Crippen LogP contribution in [0.2, 0.25) is 0 Å². The summed E-state index contributed by atoms with van der Waals surface area (Å²) in [5.41, 5.74) is 5.86. The molecule has 0 heterocycles. The first-order chi connectivity index (χ1) is 12.6. The van der Waals surface area contributed by atoms with Crippen LogP contribution >= 0.6 is 0 Å². The van der Waals surface area contributed by atoms with Crippen LogP contribution in [0.15, 0.2) is 0 Å². The number of hydrogen-bond donors (Lipinski definition) is 3. The molecule has 0 aromatic heterocycles. The summed E-state index contributed by atoms with van der Waals surface area (Å²) in [5.74, 6) is 0.549. The van der Waals surface area contributed by atoms with Gasteiger partial charge < -0.3 is 25.8 Å². The van der Waals surface area contributed by atoms with Crippen LogP contribution in [0.25, 0.3) is 0 Å². The molecule has 2 saturated carbocycles. The van der Waals surface area contributed by atoms with Crippen molar-refractivity contribution in [1.82, 2.24) is 10.6 Å². The lowest BCUT2D eigenvalue weighted by Crippen LogP contribution is -2.48. The van der Waals surface area contributed by atoms with Crippen molar-refractivity contribution in [3.63, 3.8) is 0 Å². The van der Waals surface area contributed by atoms with Crippen LogP contribution < -0.4 is 16.4 Å². The van der Waals surface area contributed by atoms with Crippen molar-refractivity contribution in [1.29, 1.82) is 0 Å². The second-order valence-electron chi connectivity index (χ2n) is 7.56. The molecule has 2 fully saturated rings. The van der Waals surface area contributed by atoms with Gasteiger partial charge in [0, 0.05) is 25.1 Å². The molecule has 2 atom stereocenters. The fourth-order valence-corrected chi connectivity index (χ4v) is 4.06. The van der Waals surface area contributed by atoms with Crippen molar-refractivity contribution in [2.45, 2.75) is 63.5 Å². The molecular formula is C19H35N3O4. The van der Waals surface area contributed by atoms with Crippen LogP contribution in [-0.2, 0) is 19.1 Å². The van der Waals surface area contributed by atoms with Crippen LogP contribution in [0.5, 0.6) is 0 Å². The van der Waals surface area contributed by atoms with Gasteiger partial charge in [0.15, 0.2) is 0 Å². The van der Waals surface area contributed by atoms with E-state index in [-0.39, 0.29) is 36.4 Å². The number of carbonyl (C=O) groups excluding carboxylic acids is 2. The van der Waals surface area contributed by atoms with Gasteiger partial charge in [-0.1, -0.05) is 12.8 Å². The van der Waals surface area contributed by atoms with E-state index in [1.54, 1.807) is 7.11 Å². The third kappa shape index (κ3) is 6.85. The maximum atomic E-state index is 12.6. The molecule has 0 bridgehead atoms. The van der Waals surface area contributed by atoms with E-state index in [1.165, 1.54) is 12.8 Å². The van der Waals surface area contributed by atoms with Crippen LogP contribution in [0.1, 0.15) is 51.4 Å². The Kier molecular flexibility index (Phi) is 9.36. The number of ether oxygens (including phenoxy) is 2. The second kappa shape index (κ2) is 11.5. The molecule has 150 valence electrons. The highest BCUT2D eigenvalue weighted by Crippen LogP contribution is 2.27. The van der Waals surface area contributed by atoms with Gasteiger partial charge in [-0.25, -0.2) is 0 Å². The number of nitrogens with one attached hydrogen (secondary N) is 2. The average Bonchev–Trinajstić information content (AvgIpc) is 2.66. The van der Waals surface area contributed by atoms with E-state index in [0.717, 1.165) is 38.5 Å². The third-order valence-electron chi connectivity index (χ3n) is 5.67. The first-order valence-electron chi connectivity index (χ1n) is 10.0. The highest BCUT2D eigenvalue weighted by atomic mass is 16.5. The zero-order valence-corrected chi connectivity index (χ0v) is 16.0. The van der Waals surface area contributed by atoms with Gasteiger partial charge in [0.05, 0.1) is 13.2 Å². The third-order valence-corrected chi connectivity index (χ3v) is 5.67. The number of carbonyl (C=O) groups is 2. The lowest BCUT2D eigenvalue weighted by molar-refractivity contribution is -0.128. The van der Waals surface area contributed by atoms with Gasteiger partial charge in [-0.15, -0.1) is 0 Å². The molecule has 2 rings (SSSR count). The lowest BCUT2D eigenvalue weighted by atomic mass is 9.82. The van der Waals surface area contributed by atoms with Gasteiger partial charge >= 0.3 is 0 Å². The molecule has 0 aromatic rings. The Morgan fingerprint density at radius 3 is 2.42 bits per heavy atom. The van der Waals surface area contributed by atoms with Crippen LogP contribution in [0, 0.1) is 11.8 Å². The maximum absolute atomic E-state index is 12.6. The van der Waals surface area contributed by atoms with Crippen molar-refractivity contribution in [2.24, 2.45) is 17.6 Å². The normalized spacial score (nSPS) is 29.2. The van der Waals surface area contributed by atoms with E-state index in [2.05, 4.69) is 10.6 Å². The molecule has 0 aliphatic heterocycles. The zero-order valence-electron chi connectivity index (χ0n) is 16.0. The van der Waals surface area contributed by atoms with Crippen LogP contribution in [-0.4, -0.2) is 57.4 Å². The van der Waals surface area contributed by atoms with Gasteiger partial charge in [-0.2, -0.15) is 0 Å². The second-order valence-corrected chi connectivity index (χ2v) is 7.56. The predicted octanol–water partition coefficient (Wildman–Crippen LogP) is 0.958. The number of rotatable bonds is 9. The Labute approximate surface area is 156 Å². The lowest BCUT2D eigenvalue weighted by Gasteiger charge is -2.34. The molecule has 7 heteroatoms. The zero-order chi connectivity index (χ0) is 18.8. The Balaban J connectivity index is 1.65. The van der Waals surface area contributed by atoms with E-state index in [1.807, 2.05) is 0 Å². The molecule has 2 aliphatic carbocycles. The summed E-state index contributed by atoms with van der Waals surface area (Å²) in [5, 5.41) is 6.25. The molecule has 0 radical (unpaired) electrons. The van der Waals surface area contributed by atoms with Crippen LogP contribution in [0.4, 0.5) is 0 Å². The summed E-state index contributed by atoms with van der Waals surface area (Å²) < 4.78 is 10.1. The summed E-state index contributed by atoms with van der Waals surface area (Å²) >= 11 is 0. The van der Waals surface area contributed by atoms with Crippen molar-refractivity contribution in [2.75, 3.05) is 33.5 Å². The molecular weight excluding hydrogens is 334 g/mol.